The lowest BCUT2D eigenvalue weighted by atomic mass is 9.93. The maximum atomic E-state index is 12.8. The number of benzene rings is 2. The van der Waals surface area contributed by atoms with E-state index in [0.717, 1.165) is 11.1 Å². The van der Waals surface area contributed by atoms with Gasteiger partial charge in [0.15, 0.2) is 5.76 Å². The first-order valence-corrected chi connectivity index (χ1v) is 8.93. The highest BCUT2D eigenvalue weighted by atomic mass is 35.5. The molecule has 0 unspecified atom stereocenters. The van der Waals surface area contributed by atoms with E-state index in [0.29, 0.717) is 5.75 Å². The fourth-order valence-electron chi connectivity index (χ4n) is 2.79. The van der Waals surface area contributed by atoms with E-state index in [1.54, 1.807) is 54.6 Å². The topological polar surface area (TPSA) is 43.4 Å². The molecule has 0 amide bonds. The van der Waals surface area contributed by atoms with E-state index in [-0.39, 0.29) is 21.9 Å². The average Bonchev–Trinajstić information content (AvgIpc) is 2.72. The summed E-state index contributed by atoms with van der Waals surface area (Å²) in [6, 6.07) is 11.9. The highest BCUT2D eigenvalue weighted by molar-refractivity contribution is 6.49. The van der Waals surface area contributed by atoms with E-state index in [9.17, 15) is 9.59 Å². The van der Waals surface area contributed by atoms with Crippen LogP contribution in [0.2, 0.25) is 0 Å². The summed E-state index contributed by atoms with van der Waals surface area (Å²) in [4.78, 5) is 25.3. The minimum Gasteiger partial charge on any atom is -0.451 e. The molecule has 0 atom stereocenters. The maximum absolute atomic E-state index is 12.8. The molecule has 0 bridgehead atoms. The predicted octanol–water partition coefficient (Wildman–Crippen LogP) is 5.99. The summed E-state index contributed by atoms with van der Waals surface area (Å²) in [5.74, 6) is -0.616. The van der Waals surface area contributed by atoms with Crippen molar-refractivity contribution in [2.45, 2.75) is 0 Å². The molecule has 3 rings (SSSR count). The largest absolute Gasteiger partial charge is 0.451 e. The highest BCUT2D eigenvalue weighted by Crippen LogP contribution is 2.31. The third-order valence-corrected chi connectivity index (χ3v) is 4.47. The van der Waals surface area contributed by atoms with Crippen LogP contribution in [0.5, 0.6) is 5.75 Å². The Hall–Kier alpha value is -3.43. The van der Waals surface area contributed by atoms with E-state index in [2.05, 4.69) is 13.2 Å². The van der Waals surface area contributed by atoms with Gasteiger partial charge in [-0.25, -0.2) is 0 Å². The Labute approximate surface area is 168 Å². The van der Waals surface area contributed by atoms with Crippen LogP contribution < -0.4 is 4.74 Å². The molecule has 0 aliphatic heterocycles. The molecule has 0 saturated carbocycles. The lowest BCUT2D eigenvalue weighted by Gasteiger charge is -2.18. The Morgan fingerprint density at radius 1 is 0.821 bits per heavy atom. The number of carbonyl (C=O) groups is 2. The zero-order chi connectivity index (χ0) is 20.1. The molecule has 2 aromatic carbocycles. The molecule has 1 aliphatic rings. The Kier molecular flexibility index (Phi) is 5.87. The van der Waals surface area contributed by atoms with Crippen LogP contribution in [0.15, 0.2) is 90.7 Å². The summed E-state index contributed by atoms with van der Waals surface area (Å²) in [5, 5.41) is -0.220. The SMILES string of the molecule is C=C/C=C/c1ccc(OC2=C(Cl)C(=O)c3ccccc3C2=O)cc1/C=C/C=C. The minimum absolute atomic E-state index is 0.168. The minimum atomic E-state index is -0.427. The highest BCUT2D eigenvalue weighted by Gasteiger charge is 2.33. The second-order valence-corrected chi connectivity index (χ2v) is 6.31. The van der Waals surface area contributed by atoms with Crippen molar-refractivity contribution in [3.63, 3.8) is 0 Å². The number of fused-ring (bicyclic) bond motifs is 1. The van der Waals surface area contributed by atoms with Crippen LogP contribution in [-0.4, -0.2) is 11.6 Å². The van der Waals surface area contributed by atoms with Crippen LogP contribution in [0.1, 0.15) is 31.8 Å². The Bertz CT molecular complexity index is 1070. The molecule has 1 aliphatic carbocycles. The van der Waals surface area contributed by atoms with E-state index < -0.39 is 11.6 Å². The van der Waals surface area contributed by atoms with Crippen LogP contribution in [-0.2, 0) is 0 Å². The van der Waals surface area contributed by atoms with Gasteiger partial charge in [0.2, 0.25) is 11.6 Å². The summed E-state index contributed by atoms with van der Waals surface area (Å²) in [6.45, 7) is 7.34. The van der Waals surface area contributed by atoms with E-state index in [4.69, 9.17) is 16.3 Å². The summed E-state index contributed by atoms with van der Waals surface area (Å²) >= 11 is 6.16. The maximum Gasteiger partial charge on any atom is 0.230 e. The van der Waals surface area contributed by atoms with Crippen LogP contribution >= 0.6 is 11.6 Å². The van der Waals surface area contributed by atoms with Gasteiger partial charge in [0, 0.05) is 11.1 Å². The number of rotatable bonds is 6. The van der Waals surface area contributed by atoms with Crippen LogP contribution in [0.4, 0.5) is 0 Å². The van der Waals surface area contributed by atoms with Crippen LogP contribution in [0.3, 0.4) is 0 Å². The van der Waals surface area contributed by atoms with Crippen molar-refractivity contribution in [2.24, 2.45) is 0 Å². The van der Waals surface area contributed by atoms with E-state index >= 15 is 0 Å². The van der Waals surface area contributed by atoms with Gasteiger partial charge in [0.1, 0.15) is 10.8 Å². The molecular weight excluding hydrogens is 372 g/mol. The monoisotopic (exact) mass is 388 g/mol. The van der Waals surface area contributed by atoms with E-state index in [1.165, 1.54) is 0 Å². The summed E-state index contributed by atoms with van der Waals surface area (Å²) in [7, 11) is 0. The number of carbonyl (C=O) groups excluding carboxylic acids is 2. The Morgan fingerprint density at radius 3 is 2.07 bits per heavy atom. The van der Waals surface area contributed by atoms with Crippen LogP contribution in [0, 0.1) is 0 Å². The average molecular weight is 389 g/mol. The number of allylic oxidation sites excluding steroid dienone is 6. The van der Waals surface area contributed by atoms with Gasteiger partial charge < -0.3 is 4.74 Å². The summed E-state index contributed by atoms with van der Waals surface area (Å²) in [5.41, 5.74) is 2.35. The van der Waals surface area contributed by atoms with Crippen molar-refractivity contribution in [2.75, 3.05) is 0 Å². The summed E-state index contributed by atoms with van der Waals surface area (Å²) in [6.07, 6.45) is 10.7. The van der Waals surface area contributed by atoms with Crippen molar-refractivity contribution in [1.29, 1.82) is 0 Å². The van der Waals surface area contributed by atoms with Gasteiger partial charge in [0.25, 0.3) is 0 Å². The normalized spacial score (nSPS) is 13.9. The van der Waals surface area contributed by atoms with Gasteiger partial charge in [-0.2, -0.15) is 0 Å². The lowest BCUT2D eigenvalue weighted by molar-refractivity contribution is 0.0943. The number of hydrogen-bond donors (Lipinski definition) is 0. The molecule has 28 heavy (non-hydrogen) atoms. The molecule has 0 N–H and O–H groups in total. The van der Waals surface area contributed by atoms with Gasteiger partial charge in [-0.3, -0.25) is 9.59 Å². The quantitative estimate of drug-likeness (QED) is 0.570. The van der Waals surface area contributed by atoms with Crippen LogP contribution in [0.25, 0.3) is 12.2 Å². The molecule has 4 heteroatoms. The first-order chi connectivity index (χ1) is 13.6. The number of halogens is 1. The standard InChI is InChI=1S/C24H17ClO3/c1-3-5-9-16-13-14-18(15-17(16)10-6-4-2)28-24-21(25)22(26)19-11-7-8-12-20(19)23(24)27/h3-15H,1-2H2/b9-5+,10-6+. The smallest absolute Gasteiger partial charge is 0.230 e. The van der Waals surface area contributed by atoms with Gasteiger partial charge in [-0.15, -0.1) is 0 Å². The third-order valence-electron chi connectivity index (χ3n) is 4.12. The Balaban J connectivity index is 2.00. The fraction of sp³-hybridized carbons (Fsp3) is 0. The van der Waals surface area contributed by atoms with Gasteiger partial charge in [-0.1, -0.05) is 91.5 Å². The molecule has 138 valence electrons. The lowest BCUT2D eigenvalue weighted by Crippen LogP contribution is -2.23. The third kappa shape index (κ3) is 3.80. The molecule has 2 aromatic rings. The summed E-state index contributed by atoms with van der Waals surface area (Å²) < 4.78 is 5.76. The Morgan fingerprint density at radius 2 is 1.43 bits per heavy atom. The molecule has 0 radical (unpaired) electrons. The number of Topliss-reactive ketones (excluding diaryl/α,β-unsaturated/α-hetero) is 2. The fourth-order valence-corrected chi connectivity index (χ4v) is 3.01. The zero-order valence-electron chi connectivity index (χ0n) is 15.0. The second kappa shape index (κ2) is 8.51. The molecular formula is C24H17ClO3. The van der Waals surface area contributed by atoms with Gasteiger partial charge >= 0.3 is 0 Å². The zero-order valence-corrected chi connectivity index (χ0v) is 15.8. The molecule has 0 aromatic heterocycles. The van der Waals surface area contributed by atoms with Crippen molar-refractivity contribution >= 4 is 35.3 Å². The number of hydrogen-bond acceptors (Lipinski definition) is 3. The second-order valence-electron chi connectivity index (χ2n) is 5.93. The predicted molar refractivity (Wildman–Crippen MR) is 114 cm³/mol. The van der Waals surface area contributed by atoms with Gasteiger partial charge in [0.05, 0.1) is 0 Å². The van der Waals surface area contributed by atoms with E-state index in [1.807, 2.05) is 24.3 Å². The molecule has 0 fully saturated rings. The molecule has 0 heterocycles. The van der Waals surface area contributed by atoms with Crippen molar-refractivity contribution in [1.82, 2.24) is 0 Å². The first kappa shape index (κ1) is 19.3. The van der Waals surface area contributed by atoms with Gasteiger partial charge in [-0.05, 0) is 23.3 Å². The molecule has 0 saturated heterocycles. The van der Waals surface area contributed by atoms with Crippen molar-refractivity contribution in [3.8, 4) is 5.75 Å². The molecule has 0 spiro atoms. The number of ether oxygens (including phenoxy) is 1. The van der Waals surface area contributed by atoms with Crippen molar-refractivity contribution in [3.05, 3.63) is 113 Å². The molecule has 3 nitrogen and oxygen atoms in total. The van der Waals surface area contributed by atoms with Crippen molar-refractivity contribution < 1.29 is 14.3 Å². The number of ketones is 2. The first-order valence-electron chi connectivity index (χ1n) is 8.55.